The van der Waals surface area contributed by atoms with Gasteiger partial charge < -0.3 is 9.80 Å². The van der Waals surface area contributed by atoms with Gasteiger partial charge in [0.25, 0.3) is 6.71 Å². The zero-order valence-electron chi connectivity index (χ0n) is 48.5. The van der Waals surface area contributed by atoms with Crippen molar-refractivity contribution in [2.24, 2.45) is 0 Å². The van der Waals surface area contributed by atoms with Crippen molar-refractivity contribution < 1.29 is 0 Å². The highest BCUT2D eigenvalue weighted by Crippen LogP contribution is 2.54. The van der Waals surface area contributed by atoms with E-state index in [4.69, 9.17) is 0 Å². The summed E-state index contributed by atoms with van der Waals surface area (Å²) in [5.74, 6) is 0. The third kappa shape index (κ3) is 7.94. The molecule has 0 spiro atoms. The Hall–Kier alpha value is -7.14. The summed E-state index contributed by atoms with van der Waals surface area (Å²) < 4.78 is 2.72. The Morgan fingerprint density at radius 3 is 1.46 bits per heavy atom. The van der Waals surface area contributed by atoms with Gasteiger partial charge in [-0.05, 0) is 164 Å². The Kier molecular flexibility index (Phi) is 11.1. The number of hydrogen-bond acceptors (Lipinski definition) is 3. The van der Waals surface area contributed by atoms with E-state index in [9.17, 15) is 0 Å². The van der Waals surface area contributed by atoms with Gasteiger partial charge in [0.1, 0.15) is 0 Å². The normalized spacial score (nSPS) is 14.0. The van der Waals surface area contributed by atoms with Gasteiger partial charge >= 0.3 is 0 Å². The molecule has 388 valence electrons. The highest BCUT2D eigenvalue weighted by molar-refractivity contribution is 7.33. The van der Waals surface area contributed by atoms with Gasteiger partial charge in [-0.25, -0.2) is 0 Å². The largest absolute Gasteiger partial charge is 0.311 e. The molecule has 0 radical (unpaired) electrons. The van der Waals surface area contributed by atoms with Gasteiger partial charge in [0.05, 0.1) is 17.1 Å². The molecular weight excluding hydrogens is 960 g/mol. The lowest BCUT2D eigenvalue weighted by molar-refractivity contribution is 0.590. The fourth-order valence-corrected chi connectivity index (χ4v) is 14.1. The summed E-state index contributed by atoms with van der Waals surface area (Å²) in [5, 5.41) is 9.13. The summed E-state index contributed by atoms with van der Waals surface area (Å²) in [4.78, 5) is 5.42. The molecule has 13 rings (SSSR count). The third-order valence-corrected chi connectivity index (χ3v) is 18.6. The first-order valence-corrected chi connectivity index (χ1v) is 29.2. The lowest BCUT2D eigenvalue weighted by Gasteiger charge is -2.45. The molecule has 0 amide bonds. The van der Waals surface area contributed by atoms with Gasteiger partial charge in [-0.1, -0.05) is 219 Å². The molecule has 0 bridgehead atoms. The van der Waals surface area contributed by atoms with Crippen LogP contribution in [0.4, 0.5) is 34.1 Å². The van der Waals surface area contributed by atoms with Crippen LogP contribution >= 0.6 is 11.3 Å². The molecule has 11 aromatic rings. The molecular formula is C74H73BN2S. The van der Waals surface area contributed by atoms with Crippen LogP contribution in [0.5, 0.6) is 0 Å². The molecule has 4 heteroatoms. The van der Waals surface area contributed by atoms with Gasteiger partial charge in [0.15, 0.2) is 0 Å². The van der Waals surface area contributed by atoms with Crippen molar-refractivity contribution >= 4 is 110 Å². The molecule has 3 heterocycles. The summed E-state index contributed by atoms with van der Waals surface area (Å²) in [6.45, 7) is 35.4. The fraction of sp³-hybridized carbons (Fsp3) is 0.270. The molecule has 2 aliphatic heterocycles. The highest BCUT2D eigenvalue weighted by atomic mass is 32.1. The number of rotatable bonds is 4. The van der Waals surface area contributed by atoms with Crippen molar-refractivity contribution in [3.05, 3.63) is 198 Å². The molecule has 2 nitrogen and oxygen atoms in total. The highest BCUT2D eigenvalue weighted by Gasteiger charge is 2.47. The maximum absolute atomic E-state index is 2.72. The quantitative estimate of drug-likeness (QED) is 0.128. The first-order chi connectivity index (χ1) is 36.8. The SMILES string of the molecule is CC(C)(C)c1ccc2c(c1)B1c3sc4ccc(C(C)(C)C)cc4c3N(c3ccc(C(C)(C)C)cc3-c3ccccc3)c3cc(C(C)(C)C)cc(c31)N2c1ccc(C(C)(C)C)cc1-c1ccc2ccc3cccc4ccc1c2c34. The number of thiophene rings is 1. The maximum atomic E-state index is 2.72. The van der Waals surface area contributed by atoms with Crippen LogP contribution in [0.1, 0.15) is 132 Å². The van der Waals surface area contributed by atoms with E-state index in [0.29, 0.717) is 0 Å². The van der Waals surface area contributed by atoms with Crippen LogP contribution in [0.25, 0.3) is 64.7 Å². The average molecular weight is 1030 g/mol. The van der Waals surface area contributed by atoms with Crippen molar-refractivity contribution in [3.8, 4) is 22.3 Å². The van der Waals surface area contributed by atoms with Crippen LogP contribution in [-0.4, -0.2) is 6.71 Å². The number of anilines is 6. The molecule has 0 atom stereocenters. The van der Waals surface area contributed by atoms with Crippen LogP contribution in [0.2, 0.25) is 0 Å². The number of fused-ring (bicyclic) bond motifs is 6. The molecule has 2 aliphatic rings. The molecule has 0 aliphatic carbocycles. The first kappa shape index (κ1) is 50.4. The third-order valence-electron chi connectivity index (χ3n) is 17.4. The van der Waals surface area contributed by atoms with Crippen molar-refractivity contribution in [2.45, 2.75) is 131 Å². The van der Waals surface area contributed by atoms with E-state index in [-0.39, 0.29) is 33.8 Å². The smallest absolute Gasteiger partial charge is 0.264 e. The summed E-state index contributed by atoms with van der Waals surface area (Å²) in [6.07, 6.45) is 0. The molecule has 1 aromatic heterocycles. The summed E-state index contributed by atoms with van der Waals surface area (Å²) in [7, 11) is 0. The zero-order chi connectivity index (χ0) is 54.7. The summed E-state index contributed by atoms with van der Waals surface area (Å²) in [6, 6.07) is 66.8. The van der Waals surface area contributed by atoms with E-state index in [1.165, 1.54) is 142 Å². The fourth-order valence-electron chi connectivity index (χ4n) is 12.8. The van der Waals surface area contributed by atoms with Gasteiger partial charge in [0, 0.05) is 43.1 Å². The van der Waals surface area contributed by atoms with E-state index >= 15 is 0 Å². The number of benzene rings is 10. The predicted octanol–water partition coefficient (Wildman–Crippen LogP) is 19.7. The van der Waals surface area contributed by atoms with Gasteiger partial charge in [0.2, 0.25) is 0 Å². The second-order valence-corrected chi connectivity index (χ2v) is 29.0. The lowest BCUT2D eigenvalue weighted by Crippen LogP contribution is -2.60. The Bertz CT molecular complexity index is 4220. The lowest BCUT2D eigenvalue weighted by atomic mass is 9.36. The number of nitrogens with zero attached hydrogens (tertiary/aromatic N) is 2. The topological polar surface area (TPSA) is 6.48 Å². The van der Waals surface area contributed by atoms with Crippen LogP contribution in [0, 0.1) is 0 Å². The minimum absolute atomic E-state index is 0.0276. The molecule has 0 N–H and O–H groups in total. The Labute approximate surface area is 468 Å². The van der Waals surface area contributed by atoms with E-state index < -0.39 is 0 Å². The first-order valence-electron chi connectivity index (χ1n) is 28.4. The molecule has 10 aromatic carbocycles. The van der Waals surface area contributed by atoms with Gasteiger partial charge in [-0.15, -0.1) is 11.3 Å². The predicted molar refractivity (Wildman–Crippen MR) is 344 cm³/mol. The molecule has 0 saturated carbocycles. The maximum Gasteiger partial charge on any atom is 0.264 e. The standard InChI is InChI=1S/C74H73BN2S/c1-70(2,3)48-28-34-59(55(38-48)44-20-17-16-18-21-44)77-63-43-52(74(13,14)15)42-62-67(63)75(69-68(77)57-40-50(72(7,8)9)31-37-64(57)78-69)58-41-51(73(10,11)12)30-36-61(58)76(62)60-35-29-49(71(4,5)6)39-56(60)53-32-26-47-25-24-45-22-19-23-46-27-33-54(53)66(47)65(45)46/h16-43H,1-15H3. The van der Waals surface area contributed by atoms with E-state index in [1.54, 1.807) is 0 Å². The van der Waals surface area contributed by atoms with E-state index in [2.05, 4.69) is 284 Å². The minimum atomic E-state index is -0.186. The van der Waals surface area contributed by atoms with Crippen LogP contribution in [0.3, 0.4) is 0 Å². The van der Waals surface area contributed by atoms with Crippen molar-refractivity contribution in [1.82, 2.24) is 0 Å². The van der Waals surface area contributed by atoms with E-state index in [0.717, 1.165) is 0 Å². The van der Waals surface area contributed by atoms with Crippen LogP contribution in [0.15, 0.2) is 170 Å². The van der Waals surface area contributed by atoms with Crippen molar-refractivity contribution in [3.63, 3.8) is 0 Å². The molecule has 0 fully saturated rings. The second kappa shape index (κ2) is 17.2. The Morgan fingerprint density at radius 1 is 0.346 bits per heavy atom. The summed E-state index contributed by atoms with van der Waals surface area (Å²) >= 11 is 2.00. The Morgan fingerprint density at radius 2 is 0.846 bits per heavy atom. The second-order valence-electron chi connectivity index (χ2n) is 27.9. The van der Waals surface area contributed by atoms with Crippen molar-refractivity contribution in [2.75, 3.05) is 9.80 Å². The Balaban J connectivity index is 1.19. The zero-order valence-corrected chi connectivity index (χ0v) is 49.4. The van der Waals surface area contributed by atoms with Crippen LogP contribution < -0.4 is 25.5 Å². The molecule has 0 unspecified atom stereocenters. The number of hydrogen-bond donors (Lipinski definition) is 0. The monoisotopic (exact) mass is 1030 g/mol. The molecule has 0 saturated heterocycles. The van der Waals surface area contributed by atoms with E-state index in [1.807, 2.05) is 11.3 Å². The van der Waals surface area contributed by atoms with Crippen molar-refractivity contribution in [1.29, 1.82) is 0 Å². The van der Waals surface area contributed by atoms with Gasteiger partial charge in [-0.3, -0.25) is 0 Å². The molecule has 78 heavy (non-hydrogen) atoms. The minimum Gasteiger partial charge on any atom is -0.311 e. The van der Waals surface area contributed by atoms with Crippen LogP contribution in [-0.2, 0) is 27.1 Å². The van der Waals surface area contributed by atoms with Gasteiger partial charge in [-0.2, -0.15) is 0 Å². The average Bonchev–Trinajstić information content (AvgIpc) is 2.95. The summed E-state index contributed by atoms with van der Waals surface area (Å²) in [5.41, 5.74) is 21.3.